The molecule has 1 aromatic rings. The second-order valence-electron chi connectivity index (χ2n) is 6.51. The predicted octanol–water partition coefficient (Wildman–Crippen LogP) is 3.48. The molecule has 0 amide bonds. The molecule has 0 aromatic heterocycles. The van der Waals surface area contributed by atoms with Crippen molar-refractivity contribution >= 4 is 0 Å². The molecule has 4 heteroatoms. The van der Waals surface area contributed by atoms with Crippen LogP contribution in [0.1, 0.15) is 43.7 Å². The van der Waals surface area contributed by atoms with E-state index in [1.165, 1.54) is 44.2 Å². The van der Waals surface area contributed by atoms with Gasteiger partial charge in [-0.05, 0) is 48.9 Å². The average Bonchev–Trinajstić information content (AvgIpc) is 2.51. The number of benzene rings is 1. The highest BCUT2D eigenvalue weighted by atomic mass is 19.2. The molecule has 1 saturated carbocycles. The van der Waals surface area contributed by atoms with Crippen LogP contribution in [0.2, 0.25) is 0 Å². The Morgan fingerprint density at radius 3 is 2.57 bits per heavy atom. The third-order valence-electron chi connectivity index (χ3n) is 5.32. The van der Waals surface area contributed by atoms with Gasteiger partial charge in [-0.25, -0.2) is 8.78 Å². The molecule has 2 aliphatic rings. The van der Waals surface area contributed by atoms with Crippen molar-refractivity contribution in [3.05, 3.63) is 35.4 Å². The van der Waals surface area contributed by atoms with Gasteiger partial charge >= 0.3 is 0 Å². The second kappa shape index (κ2) is 6.41. The SMILES string of the molecule is NCC(c1ccc(F)c(F)c1)N1CCC2CCCCC2C1. The molecular formula is C17H24F2N2. The molecule has 2 N–H and O–H groups in total. The Hall–Kier alpha value is -1.00. The number of hydrogen-bond acceptors (Lipinski definition) is 2. The maximum Gasteiger partial charge on any atom is 0.159 e. The Morgan fingerprint density at radius 2 is 1.86 bits per heavy atom. The molecule has 0 bridgehead atoms. The molecule has 1 aromatic carbocycles. The van der Waals surface area contributed by atoms with E-state index in [0.717, 1.165) is 30.5 Å². The van der Waals surface area contributed by atoms with E-state index in [-0.39, 0.29) is 6.04 Å². The molecule has 116 valence electrons. The maximum absolute atomic E-state index is 13.5. The number of likely N-dealkylation sites (tertiary alicyclic amines) is 1. The van der Waals surface area contributed by atoms with Gasteiger partial charge in [-0.1, -0.05) is 25.3 Å². The number of nitrogens with zero attached hydrogens (tertiary/aromatic N) is 1. The summed E-state index contributed by atoms with van der Waals surface area (Å²) in [5, 5.41) is 0. The zero-order valence-corrected chi connectivity index (χ0v) is 12.4. The minimum atomic E-state index is -0.791. The molecule has 2 fully saturated rings. The van der Waals surface area contributed by atoms with Crippen LogP contribution in [0.15, 0.2) is 18.2 Å². The lowest BCUT2D eigenvalue weighted by Gasteiger charge is -2.44. The van der Waals surface area contributed by atoms with E-state index in [9.17, 15) is 8.78 Å². The summed E-state index contributed by atoms with van der Waals surface area (Å²) in [6.07, 6.45) is 6.57. The van der Waals surface area contributed by atoms with Crippen LogP contribution < -0.4 is 5.73 Å². The fourth-order valence-corrected chi connectivity index (χ4v) is 4.13. The number of nitrogens with two attached hydrogens (primary N) is 1. The fraction of sp³-hybridized carbons (Fsp3) is 0.647. The number of piperidine rings is 1. The van der Waals surface area contributed by atoms with Crippen molar-refractivity contribution in [2.24, 2.45) is 17.6 Å². The topological polar surface area (TPSA) is 29.3 Å². The first-order chi connectivity index (χ1) is 10.2. The van der Waals surface area contributed by atoms with E-state index in [1.807, 2.05) is 0 Å². The molecule has 1 heterocycles. The molecule has 1 aliphatic heterocycles. The van der Waals surface area contributed by atoms with Crippen LogP contribution in [0.3, 0.4) is 0 Å². The maximum atomic E-state index is 13.5. The summed E-state index contributed by atoms with van der Waals surface area (Å²) in [4.78, 5) is 2.37. The molecule has 1 saturated heterocycles. The normalized spacial score (nSPS) is 28.1. The van der Waals surface area contributed by atoms with Crippen molar-refractivity contribution in [2.75, 3.05) is 19.6 Å². The van der Waals surface area contributed by atoms with Crippen LogP contribution in [-0.2, 0) is 0 Å². The van der Waals surface area contributed by atoms with Crippen LogP contribution in [0.25, 0.3) is 0 Å². The fourth-order valence-electron chi connectivity index (χ4n) is 4.13. The Labute approximate surface area is 125 Å². The van der Waals surface area contributed by atoms with Crippen LogP contribution in [0.4, 0.5) is 8.78 Å². The second-order valence-corrected chi connectivity index (χ2v) is 6.51. The Bertz CT molecular complexity index is 492. The summed E-state index contributed by atoms with van der Waals surface area (Å²) in [6.45, 7) is 2.51. The van der Waals surface area contributed by atoms with E-state index in [1.54, 1.807) is 6.07 Å². The van der Waals surface area contributed by atoms with Crippen molar-refractivity contribution in [3.63, 3.8) is 0 Å². The van der Waals surface area contributed by atoms with Gasteiger partial charge in [0.2, 0.25) is 0 Å². The number of hydrogen-bond donors (Lipinski definition) is 1. The molecule has 0 radical (unpaired) electrons. The lowest BCUT2D eigenvalue weighted by atomic mass is 9.74. The molecule has 3 rings (SSSR count). The van der Waals surface area contributed by atoms with E-state index < -0.39 is 11.6 Å². The lowest BCUT2D eigenvalue weighted by molar-refractivity contribution is 0.0585. The van der Waals surface area contributed by atoms with Gasteiger partial charge in [-0.2, -0.15) is 0 Å². The first-order valence-electron chi connectivity index (χ1n) is 8.08. The van der Waals surface area contributed by atoms with Crippen molar-refractivity contribution < 1.29 is 8.78 Å². The van der Waals surface area contributed by atoms with Gasteiger partial charge in [0.1, 0.15) is 0 Å². The number of fused-ring (bicyclic) bond motifs is 1. The molecule has 0 spiro atoms. The summed E-state index contributed by atoms with van der Waals surface area (Å²) >= 11 is 0. The standard InChI is InChI=1S/C17H24F2N2/c18-15-6-5-13(9-16(15)19)17(10-20)21-8-7-12-3-1-2-4-14(12)11-21/h5-6,9,12,14,17H,1-4,7-8,10-11,20H2. The molecule has 3 unspecified atom stereocenters. The molecular weight excluding hydrogens is 270 g/mol. The molecule has 1 aliphatic carbocycles. The molecule has 2 nitrogen and oxygen atoms in total. The highest BCUT2D eigenvalue weighted by Crippen LogP contribution is 2.38. The summed E-state index contributed by atoms with van der Waals surface area (Å²) < 4.78 is 26.6. The first kappa shape index (κ1) is 14.9. The lowest BCUT2D eigenvalue weighted by Crippen LogP contribution is -2.45. The van der Waals surface area contributed by atoms with Gasteiger partial charge in [0.25, 0.3) is 0 Å². The summed E-state index contributed by atoms with van der Waals surface area (Å²) in [6, 6.07) is 4.19. The van der Waals surface area contributed by atoms with Gasteiger partial charge in [0.05, 0.1) is 0 Å². The molecule has 21 heavy (non-hydrogen) atoms. The number of halogens is 2. The minimum Gasteiger partial charge on any atom is -0.329 e. The Kier molecular flexibility index (Phi) is 4.55. The van der Waals surface area contributed by atoms with Gasteiger partial charge in [0, 0.05) is 19.1 Å². The third-order valence-corrected chi connectivity index (χ3v) is 5.32. The van der Waals surface area contributed by atoms with Crippen molar-refractivity contribution in [3.8, 4) is 0 Å². The van der Waals surface area contributed by atoms with Crippen LogP contribution >= 0.6 is 0 Å². The zero-order valence-electron chi connectivity index (χ0n) is 12.4. The smallest absolute Gasteiger partial charge is 0.159 e. The van der Waals surface area contributed by atoms with Crippen LogP contribution in [-0.4, -0.2) is 24.5 Å². The van der Waals surface area contributed by atoms with Crippen LogP contribution in [0, 0.1) is 23.5 Å². The highest BCUT2D eigenvalue weighted by Gasteiger charge is 2.33. The van der Waals surface area contributed by atoms with Crippen molar-refractivity contribution in [1.82, 2.24) is 4.90 Å². The number of rotatable bonds is 3. The summed E-state index contributed by atoms with van der Waals surface area (Å²) in [5.74, 6) is 0.0456. The van der Waals surface area contributed by atoms with Gasteiger partial charge in [-0.3, -0.25) is 4.90 Å². The quantitative estimate of drug-likeness (QED) is 0.925. The average molecular weight is 294 g/mol. The van der Waals surface area contributed by atoms with Gasteiger partial charge in [-0.15, -0.1) is 0 Å². The van der Waals surface area contributed by atoms with Crippen molar-refractivity contribution in [1.29, 1.82) is 0 Å². The predicted molar refractivity (Wildman–Crippen MR) is 79.8 cm³/mol. The zero-order chi connectivity index (χ0) is 14.8. The van der Waals surface area contributed by atoms with Gasteiger partial charge in [0.15, 0.2) is 11.6 Å². The van der Waals surface area contributed by atoms with Crippen molar-refractivity contribution in [2.45, 2.75) is 38.1 Å². The highest BCUT2D eigenvalue weighted by molar-refractivity contribution is 5.22. The minimum absolute atomic E-state index is 0.00276. The Morgan fingerprint density at radius 1 is 1.10 bits per heavy atom. The monoisotopic (exact) mass is 294 g/mol. The molecule has 3 atom stereocenters. The van der Waals surface area contributed by atoms with Gasteiger partial charge < -0.3 is 5.73 Å². The van der Waals surface area contributed by atoms with E-state index in [0.29, 0.717) is 6.54 Å². The largest absolute Gasteiger partial charge is 0.329 e. The summed E-state index contributed by atoms with van der Waals surface area (Å²) in [7, 11) is 0. The van der Waals surface area contributed by atoms with E-state index in [2.05, 4.69) is 4.90 Å². The van der Waals surface area contributed by atoms with E-state index in [4.69, 9.17) is 5.73 Å². The first-order valence-corrected chi connectivity index (χ1v) is 8.08. The van der Waals surface area contributed by atoms with E-state index >= 15 is 0 Å². The third kappa shape index (κ3) is 3.11. The summed E-state index contributed by atoms with van der Waals surface area (Å²) in [5.41, 5.74) is 6.73. The Balaban J connectivity index is 1.75. The van der Waals surface area contributed by atoms with Crippen LogP contribution in [0.5, 0.6) is 0 Å².